The van der Waals surface area contributed by atoms with Crippen LogP contribution in [-0.4, -0.2) is 115 Å². The first-order valence-electron chi connectivity index (χ1n) is 24.0. The number of phosphoric acid groups is 2. The first-order valence-corrected chi connectivity index (χ1v) is 27.0. The van der Waals surface area contributed by atoms with Gasteiger partial charge in [0.25, 0.3) is 0 Å². The van der Waals surface area contributed by atoms with Gasteiger partial charge in [0.15, 0.2) is 6.10 Å². The summed E-state index contributed by atoms with van der Waals surface area (Å²) in [6, 6.07) is 0. The van der Waals surface area contributed by atoms with Gasteiger partial charge in [-0.2, -0.15) is 0 Å². The highest BCUT2D eigenvalue weighted by molar-refractivity contribution is 7.47. The number of allylic oxidation sites excluding steroid dienone is 8. The Morgan fingerprint density at radius 3 is 1.58 bits per heavy atom. The van der Waals surface area contributed by atoms with E-state index in [-0.39, 0.29) is 12.8 Å². The van der Waals surface area contributed by atoms with Gasteiger partial charge in [-0.3, -0.25) is 23.2 Å². The SMILES string of the molecule is CC/C=C\CC1OC1C/C=C\C/C=C\C/C=C\C/C=C\CCC(=O)OC[C@H](COP(=O)(O)O[C@H]1C(O)C(O)C(O)[C@@H](OP(=O)(O)O)C1O)OC(=O)CCCCCCCCCCCCCCC. The van der Waals surface area contributed by atoms with E-state index in [2.05, 4.69) is 60.9 Å². The van der Waals surface area contributed by atoms with Crippen LogP contribution in [0.2, 0.25) is 0 Å². The predicted molar refractivity (Wildman–Crippen MR) is 250 cm³/mol. The Balaban J connectivity index is 1.80. The van der Waals surface area contributed by atoms with Crippen molar-refractivity contribution in [3.63, 3.8) is 0 Å². The number of epoxide rings is 1. The fraction of sp³-hybridized carbons (Fsp3) is 0.745. The van der Waals surface area contributed by atoms with Gasteiger partial charge in [-0.25, -0.2) is 9.13 Å². The van der Waals surface area contributed by atoms with E-state index in [1.807, 2.05) is 18.2 Å². The van der Waals surface area contributed by atoms with Crippen molar-refractivity contribution in [1.29, 1.82) is 0 Å². The molecule has 66 heavy (non-hydrogen) atoms. The molecular weight excluding hydrogens is 898 g/mol. The zero-order valence-electron chi connectivity index (χ0n) is 39.0. The number of rotatable bonds is 38. The molecule has 1 saturated carbocycles. The van der Waals surface area contributed by atoms with Crippen molar-refractivity contribution in [2.75, 3.05) is 13.2 Å². The number of aliphatic hydroxyl groups is 4. The number of esters is 2. The zero-order valence-corrected chi connectivity index (χ0v) is 40.8. The van der Waals surface area contributed by atoms with Crippen LogP contribution < -0.4 is 0 Å². The largest absolute Gasteiger partial charge is 0.472 e. The molecule has 0 bridgehead atoms. The van der Waals surface area contributed by atoms with Crippen LogP contribution >= 0.6 is 15.6 Å². The Kier molecular flexibility index (Phi) is 31.6. The molecule has 2 rings (SSSR count). The summed E-state index contributed by atoms with van der Waals surface area (Å²) in [5.41, 5.74) is 0. The molecule has 1 aliphatic carbocycles. The summed E-state index contributed by atoms with van der Waals surface area (Å²) in [4.78, 5) is 54.2. The predicted octanol–water partition coefficient (Wildman–Crippen LogP) is 8.05. The molecule has 7 unspecified atom stereocenters. The molecule has 0 amide bonds. The van der Waals surface area contributed by atoms with Crippen molar-refractivity contribution < 1.29 is 81.6 Å². The van der Waals surface area contributed by atoms with E-state index in [9.17, 15) is 53.8 Å². The van der Waals surface area contributed by atoms with Crippen molar-refractivity contribution in [3.8, 4) is 0 Å². The van der Waals surface area contributed by atoms with Gasteiger partial charge in [-0.15, -0.1) is 0 Å². The molecule has 380 valence electrons. The standard InChI is InChI=1S/C47H80O17P2/c1-3-5-7-8-9-10-11-12-17-20-23-26-30-34-41(49)61-37(36-60-66(57,58)64-47-44(52)42(50)43(51)46(45(47)53)63-65(54,55)56)35-59-40(48)33-29-25-22-19-16-14-13-15-18-21-24-28-32-39-38(62-39)31-27-6-4-2/h6,14-16,18,22,24-25,27-28,37-39,42-47,50-53H,3-5,7-13,17,19-21,23,26,29-36H2,1-2H3,(H,57,58)(H2,54,55,56)/b16-14-,18-15-,25-22-,27-6-,28-24-/t37-,38?,39?,42?,43?,44?,45?,46-,47+/m1/s1. The third-order valence-corrected chi connectivity index (χ3v) is 12.5. The minimum atomic E-state index is -5.37. The highest BCUT2D eigenvalue weighted by atomic mass is 31.2. The smallest absolute Gasteiger partial charge is 0.462 e. The zero-order chi connectivity index (χ0) is 48.6. The van der Waals surface area contributed by atoms with Crippen molar-refractivity contribution in [3.05, 3.63) is 60.8 Å². The summed E-state index contributed by atoms with van der Waals surface area (Å²) in [5, 5.41) is 41.2. The highest BCUT2D eigenvalue weighted by Crippen LogP contribution is 2.49. The quantitative estimate of drug-likeness (QED) is 0.0101. The molecular formula is C47H80O17P2. The van der Waals surface area contributed by atoms with Gasteiger partial charge in [0, 0.05) is 12.8 Å². The third kappa shape index (κ3) is 28.2. The van der Waals surface area contributed by atoms with Crippen molar-refractivity contribution in [2.45, 2.75) is 210 Å². The maximum Gasteiger partial charge on any atom is 0.472 e. The van der Waals surface area contributed by atoms with Gasteiger partial charge in [0.1, 0.15) is 43.2 Å². The van der Waals surface area contributed by atoms with Crippen LogP contribution in [0.5, 0.6) is 0 Å². The maximum absolute atomic E-state index is 13.0. The van der Waals surface area contributed by atoms with E-state index in [1.54, 1.807) is 0 Å². The molecule has 0 aromatic heterocycles. The van der Waals surface area contributed by atoms with E-state index in [0.717, 1.165) is 57.8 Å². The lowest BCUT2D eigenvalue weighted by Crippen LogP contribution is -2.64. The molecule has 2 fully saturated rings. The first kappa shape index (κ1) is 59.8. The fourth-order valence-electron chi connectivity index (χ4n) is 7.21. The normalized spacial score (nSPS) is 25.1. The first-order chi connectivity index (χ1) is 31.6. The number of unbranched alkanes of at least 4 members (excludes halogenated alkanes) is 12. The van der Waals surface area contributed by atoms with Crippen molar-refractivity contribution in [2.24, 2.45) is 0 Å². The molecule has 19 heteroatoms. The van der Waals surface area contributed by atoms with Crippen LogP contribution in [0.15, 0.2) is 60.8 Å². The molecule has 1 heterocycles. The number of hydrogen-bond acceptors (Lipinski definition) is 14. The minimum Gasteiger partial charge on any atom is -0.462 e. The topological polar surface area (TPSA) is 269 Å². The molecule has 0 aromatic rings. The van der Waals surface area contributed by atoms with Crippen LogP contribution in [0.25, 0.3) is 0 Å². The Morgan fingerprint density at radius 1 is 0.561 bits per heavy atom. The molecule has 7 N–H and O–H groups in total. The number of ether oxygens (including phenoxy) is 3. The van der Waals surface area contributed by atoms with E-state index in [4.69, 9.17) is 23.3 Å². The van der Waals surface area contributed by atoms with Crippen LogP contribution in [0.3, 0.4) is 0 Å². The average molecular weight is 979 g/mol. The lowest BCUT2D eigenvalue weighted by molar-refractivity contribution is -0.216. The average Bonchev–Trinajstić information content (AvgIpc) is 4.03. The third-order valence-electron chi connectivity index (χ3n) is 11.0. The molecule has 10 atom stereocenters. The molecule has 17 nitrogen and oxygen atoms in total. The number of phosphoric ester groups is 2. The number of carbonyl (C=O) groups is 2. The lowest BCUT2D eigenvalue weighted by atomic mass is 9.85. The van der Waals surface area contributed by atoms with Gasteiger partial charge in [-0.05, 0) is 51.4 Å². The fourth-order valence-corrected chi connectivity index (χ4v) is 8.75. The van der Waals surface area contributed by atoms with E-state index < -0.39 is 83.5 Å². The van der Waals surface area contributed by atoms with Crippen LogP contribution in [0, 0.1) is 0 Å². The number of carbonyl (C=O) groups excluding carboxylic acids is 2. The molecule has 0 radical (unpaired) electrons. The van der Waals surface area contributed by atoms with Gasteiger partial charge in [0.05, 0.1) is 18.8 Å². The molecule has 0 spiro atoms. The summed E-state index contributed by atoms with van der Waals surface area (Å²) in [6.45, 7) is 2.92. The van der Waals surface area contributed by atoms with Gasteiger partial charge in [0.2, 0.25) is 0 Å². The Hall–Kier alpha value is -2.34. The Morgan fingerprint density at radius 2 is 1.05 bits per heavy atom. The number of aliphatic hydroxyl groups excluding tert-OH is 4. The second-order valence-corrected chi connectivity index (χ2v) is 19.4. The minimum absolute atomic E-state index is 0.00846. The second kappa shape index (κ2) is 34.9. The summed E-state index contributed by atoms with van der Waals surface area (Å²) >= 11 is 0. The second-order valence-electron chi connectivity index (χ2n) is 16.8. The van der Waals surface area contributed by atoms with Crippen LogP contribution in [0.1, 0.15) is 155 Å². The molecule has 2 aliphatic rings. The van der Waals surface area contributed by atoms with Crippen LogP contribution in [0.4, 0.5) is 0 Å². The van der Waals surface area contributed by atoms with Crippen molar-refractivity contribution >= 4 is 27.6 Å². The molecule has 1 saturated heterocycles. The monoisotopic (exact) mass is 978 g/mol. The summed E-state index contributed by atoms with van der Waals surface area (Å²) < 4.78 is 55.0. The van der Waals surface area contributed by atoms with Crippen LogP contribution in [-0.2, 0) is 46.5 Å². The van der Waals surface area contributed by atoms with Gasteiger partial charge >= 0.3 is 27.6 Å². The summed E-state index contributed by atoms with van der Waals surface area (Å²) in [6.07, 6.45) is 26.6. The number of hydrogen-bond donors (Lipinski definition) is 7. The van der Waals surface area contributed by atoms with E-state index in [1.165, 1.54) is 51.4 Å². The lowest BCUT2D eigenvalue weighted by Gasteiger charge is -2.43. The van der Waals surface area contributed by atoms with E-state index >= 15 is 0 Å². The van der Waals surface area contributed by atoms with Crippen molar-refractivity contribution in [1.82, 2.24) is 0 Å². The molecule has 1 aliphatic heterocycles. The summed E-state index contributed by atoms with van der Waals surface area (Å²) in [5.74, 6) is -1.31. The summed E-state index contributed by atoms with van der Waals surface area (Å²) in [7, 11) is -10.7. The maximum atomic E-state index is 13.0. The van der Waals surface area contributed by atoms with Gasteiger partial charge in [-0.1, -0.05) is 152 Å². The van der Waals surface area contributed by atoms with Gasteiger partial charge < -0.3 is 49.3 Å². The Bertz CT molecular complexity index is 1580. The van der Waals surface area contributed by atoms with E-state index in [0.29, 0.717) is 31.5 Å². The molecule has 0 aromatic carbocycles. The highest BCUT2D eigenvalue weighted by Gasteiger charge is 2.54. The Labute approximate surface area is 392 Å².